The van der Waals surface area contributed by atoms with Crippen LogP contribution in [0.15, 0.2) is 51.0 Å². The molecule has 0 unspecified atom stereocenters. The molecular formula is C14H9ClN2OS2. The average molecular weight is 321 g/mol. The lowest BCUT2D eigenvalue weighted by atomic mass is 10.3. The second-order valence-electron chi connectivity index (χ2n) is 4.02. The summed E-state index contributed by atoms with van der Waals surface area (Å²) >= 11 is 8.84. The monoisotopic (exact) mass is 320 g/mol. The minimum atomic E-state index is -0.123. The number of nitrogens with zero attached hydrogens (tertiary/aromatic N) is 1. The second kappa shape index (κ2) is 5.83. The summed E-state index contributed by atoms with van der Waals surface area (Å²) in [6, 6.07) is 9.17. The van der Waals surface area contributed by atoms with E-state index in [0.29, 0.717) is 15.1 Å². The van der Waals surface area contributed by atoms with Crippen LogP contribution in [0.1, 0.15) is 5.56 Å². The Labute approximate surface area is 129 Å². The van der Waals surface area contributed by atoms with Gasteiger partial charge in [0.25, 0.3) is 5.91 Å². The summed E-state index contributed by atoms with van der Waals surface area (Å²) in [6.07, 6.45) is 1.86. The predicted octanol–water partition coefficient (Wildman–Crippen LogP) is 4.29. The number of amides is 1. The van der Waals surface area contributed by atoms with Gasteiger partial charge in [-0.2, -0.15) is 11.3 Å². The third-order valence-electron chi connectivity index (χ3n) is 2.53. The van der Waals surface area contributed by atoms with E-state index in [4.69, 9.17) is 11.6 Å². The molecule has 1 aliphatic heterocycles. The van der Waals surface area contributed by atoms with Gasteiger partial charge in [0.15, 0.2) is 5.17 Å². The molecule has 0 bridgehead atoms. The zero-order valence-corrected chi connectivity index (χ0v) is 12.6. The van der Waals surface area contributed by atoms with Gasteiger partial charge in [0, 0.05) is 5.02 Å². The van der Waals surface area contributed by atoms with Crippen LogP contribution in [0.5, 0.6) is 0 Å². The number of carbonyl (C=O) groups excluding carboxylic acids is 1. The van der Waals surface area contributed by atoms with Gasteiger partial charge in [-0.05, 0) is 58.4 Å². The fraction of sp³-hybridized carbons (Fsp3) is 0. The van der Waals surface area contributed by atoms with Crippen LogP contribution in [-0.4, -0.2) is 11.1 Å². The number of thiophene rings is 1. The first-order chi connectivity index (χ1) is 9.70. The number of carbonyl (C=O) groups is 1. The zero-order valence-electron chi connectivity index (χ0n) is 10.2. The van der Waals surface area contributed by atoms with Gasteiger partial charge in [0.05, 0.1) is 10.6 Å². The number of hydrogen-bond acceptors (Lipinski definition) is 4. The van der Waals surface area contributed by atoms with Gasteiger partial charge in [0.1, 0.15) is 0 Å². The average Bonchev–Trinajstić information content (AvgIpc) is 3.01. The maximum atomic E-state index is 11.9. The topological polar surface area (TPSA) is 41.5 Å². The largest absolute Gasteiger partial charge is 0.300 e. The van der Waals surface area contributed by atoms with Crippen molar-refractivity contribution in [3.63, 3.8) is 0 Å². The van der Waals surface area contributed by atoms with Crippen LogP contribution in [0, 0.1) is 0 Å². The van der Waals surface area contributed by atoms with Crippen molar-refractivity contribution in [3.8, 4) is 0 Å². The minimum Gasteiger partial charge on any atom is -0.300 e. The predicted molar refractivity (Wildman–Crippen MR) is 86.6 cm³/mol. The molecule has 0 atom stereocenters. The SMILES string of the molecule is O=C1NC(=Nc2cccc(Cl)c2)S/C1=C\c1ccsc1. The minimum absolute atomic E-state index is 0.123. The van der Waals surface area contributed by atoms with Crippen LogP contribution in [0.25, 0.3) is 6.08 Å². The summed E-state index contributed by atoms with van der Waals surface area (Å²) < 4.78 is 0. The number of halogens is 1. The molecule has 1 aliphatic rings. The summed E-state index contributed by atoms with van der Waals surface area (Å²) in [5.74, 6) is -0.123. The van der Waals surface area contributed by atoms with E-state index in [2.05, 4.69) is 10.3 Å². The molecule has 1 N–H and O–H groups in total. The Balaban J connectivity index is 1.83. The molecule has 3 nitrogen and oxygen atoms in total. The Kier molecular flexibility index (Phi) is 3.91. The van der Waals surface area contributed by atoms with Crippen LogP contribution in [0.4, 0.5) is 5.69 Å². The van der Waals surface area contributed by atoms with Crippen molar-refractivity contribution in [3.05, 3.63) is 56.6 Å². The van der Waals surface area contributed by atoms with Gasteiger partial charge in [-0.15, -0.1) is 0 Å². The van der Waals surface area contributed by atoms with E-state index < -0.39 is 0 Å². The maximum Gasteiger partial charge on any atom is 0.264 e. The molecule has 1 aromatic heterocycles. The molecule has 0 aliphatic carbocycles. The molecule has 0 saturated carbocycles. The zero-order chi connectivity index (χ0) is 13.9. The van der Waals surface area contributed by atoms with Crippen molar-refractivity contribution in [1.82, 2.24) is 5.32 Å². The Morgan fingerprint density at radius 1 is 1.30 bits per heavy atom. The smallest absolute Gasteiger partial charge is 0.264 e. The molecule has 100 valence electrons. The third-order valence-corrected chi connectivity index (χ3v) is 4.38. The highest BCUT2D eigenvalue weighted by Crippen LogP contribution is 2.29. The second-order valence-corrected chi connectivity index (χ2v) is 6.27. The maximum absolute atomic E-state index is 11.9. The van der Waals surface area contributed by atoms with E-state index in [-0.39, 0.29) is 5.91 Å². The lowest BCUT2D eigenvalue weighted by molar-refractivity contribution is -0.115. The first-order valence-corrected chi connectivity index (χ1v) is 7.92. The van der Waals surface area contributed by atoms with Crippen LogP contribution >= 0.6 is 34.7 Å². The van der Waals surface area contributed by atoms with E-state index in [1.165, 1.54) is 11.8 Å². The van der Waals surface area contributed by atoms with Crippen molar-refractivity contribution in [1.29, 1.82) is 0 Å². The molecule has 1 fully saturated rings. The van der Waals surface area contributed by atoms with Gasteiger partial charge in [0.2, 0.25) is 0 Å². The fourth-order valence-electron chi connectivity index (χ4n) is 1.65. The molecule has 6 heteroatoms. The van der Waals surface area contributed by atoms with Crippen LogP contribution < -0.4 is 5.32 Å². The summed E-state index contributed by atoms with van der Waals surface area (Å²) in [6.45, 7) is 0. The summed E-state index contributed by atoms with van der Waals surface area (Å²) in [5, 5.41) is 7.91. The van der Waals surface area contributed by atoms with Crippen LogP contribution in [0.3, 0.4) is 0 Å². The molecular weight excluding hydrogens is 312 g/mol. The summed E-state index contributed by atoms with van der Waals surface area (Å²) in [5.41, 5.74) is 1.74. The molecule has 0 spiro atoms. The molecule has 0 radical (unpaired) electrons. The number of amidine groups is 1. The van der Waals surface area contributed by atoms with E-state index in [0.717, 1.165) is 11.3 Å². The molecule has 2 heterocycles. The highest BCUT2D eigenvalue weighted by atomic mass is 35.5. The molecule has 20 heavy (non-hydrogen) atoms. The summed E-state index contributed by atoms with van der Waals surface area (Å²) in [7, 11) is 0. The lowest BCUT2D eigenvalue weighted by Gasteiger charge is -1.96. The lowest BCUT2D eigenvalue weighted by Crippen LogP contribution is -2.19. The molecule has 3 rings (SSSR count). The number of thioether (sulfide) groups is 1. The number of aliphatic imine (C=N–C) groups is 1. The molecule has 1 saturated heterocycles. The first kappa shape index (κ1) is 13.4. The molecule has 1 aromatic carbocycles. The number of rotatable bonds is 2. The normalized spacial score (nSPS) is 18.8. The van der Waals surface area contributed by atoms with Crippen molar-refractivity contribution in [2.24, 2.45) is 4.99 Å². The van der Waals surface area contributed by atoms with E-state index in [9.17, 15) is 4.79 Å². The fourth-order valence-corrected chi connectivity index (χ4v) is 3.30. The Bertz CT molecular complexity index is 708. The highest BCUT2D eigenvalue weighted by molar-refractivity contribution is 8.18. The van der Waals surface area contributed by atoms with E-state index in [1.54, 1.807) is 23.5 Å². The molecule has 1 amide bonds. The number of nitrogens with one attached hydrogen (secondary N) is 1. The highest BCUT2D eigenvalue weighted by Gasteiger charge is 2.23. The van der Waals surface area contributed by atoms with Crippen LogP contribution in [0.2, 0.25) is 5.02 Å². The van der Waals surface area contributed by atoms with Gasteiger partial charge < -0.3 is 5.32 Å². The van der Waals surface area contributed by atoms with Gasteiger partial charge in [-0.1, -0.05) is 17.7 Å². The van der Waals surface area contributed by atoms with Crippen LogP contribution in [-0.2, 0) is 4.79 Å². The third kappa shape index (κ3) is 3.12. The Morgan fingerprint density at radius 2 is 2.20 bits per heavy atom. The van der Waals surface area contributed by atoms with Crippen molar-refractivity contribution < 1.29 is 4.79 Å². The first-order valence-electron chi connectivity index (χ1n) is 5.78. The Hall–Kier alpha value is -1.56. The molecule has 2 aromatic rings. The van der Waals surface area contributed by atoms with Crippen molar-refractivity contribution in [2.45, 2.75) is 0 Å². The van der Waals surface area contributed by atoms with Crippen molar-refractivity contribution >= 4 is 57.5 Å². The van der Waals surface area contributed by atoms with Gasteiger partial charge in [-0.3, -0.25) is 4.79 Å². The van der Waals surface area contributed by atoms with Crippen molar-refractivity contribution in [2.75, 3.05) is 0 Å². The Morgan fingerprint density at radius 3 is 2.95 bits per heavy atom. The van der Waals surface area contributed by atoms with Gasteiger partial charge >= 0.3 is 0 Å². The number of benzene rings is 1. The van der Waals surface area contributed by atoms with Gasteiger partial charge in [-0.25, -0.2) is 4.99 Å². The number of hydrogen-bond donors (Lipinski definition) is 1. The van der Waals surface area contributed by atoms with E-state index >= 15 is 0 Å². The standard InChI is InChI=1S/C14H9ClN2OS2/c15-10-2-1-3-11(7-10)16-14-17-13(18)12(20-14)6-9-4-5-19-8-9/h1-8H,(H,16,17,18)/b12-6-. The van der Waals surface area contributed by atoms with E-state index in [1.807, 2.05) is 35.0 Å². The quantitative estimate of drug-likeness (QED) is 0.838. The summed E-state index contributed by atoms with van der Waals surface area (Å²) in [4.78, 5) is 16.9.